The Kier molecular flexibility index (Phi) is 7.66. The van der Waals surface area contributed by atoms with Crippen LogP contribution in [0.4, 0.5) is 0 Å². The van der Waals surface area contributed by atoms with Gasteiger partial charge in [-0.1, -0.05) is 6.07 Å². The molecule has 0 radical (unpaired) electrons. The van der Waals surface area contributed by atoms with E-state index in [0.717, 1.165) is 0 Å². The minimum Gasteiger partial charge on any atom is -0.452 e. The number of amides is 1. The van der Waals surface area contributed by atoms with Gasteiger partial charge in [0.05, 0.1) is 10.5 Å². The molecule has 0 saturated carbocycles. The maximum absolute atomic E-state index is 11.9. The number of sulfonamides is 1. The van der Waals surface area contributed by atoms with E-state index in [9.17, 15) is 18.0 Å². The molecular formula is C14H20N2O6S. The van der Waals surface area contributed by atoms with Gasteiger partial charge in [-0.25, -0.2) is 17.9 Å². The van der Waals surface area contributed by atoms with Crippen molar-refractivity contribution in [3.63, 3.8) is 0 Å². The average molecular weight is 344 g/mol. The second-order valence-corrected chi connectivity index (χ2v) is 6.39. The molecule has 0 atom stereocenters. The molecule has 1 aromatic rings. The van der Waals surface area contributed by atoms with E-state index in [1.807, 2.05) is 0 Å². The smallest absolute Gasteiger partial charge is 0.338 e. The Labute approximate surface area is 135 Å². The van der Waals surface area contributed by atoms with E-state index in [0.29, 0.717) is 19.6 Å². The van der Waals surface area contributed by atoms with Gasteiger partial charge in [-0.15, -0.1) is 0 Å². The number of rotatable bonds is 9. The monoisotopic (exact) mass is 344 g/mol. The Balaban J connectivity index is 2.55. The van der Waals surface area contributed by atoms with Crippen LogP contribution >= 0.6 is 0 Å². The molecule has 0 heterocycles. The number of benzene rings is 1. The molecular weight excluding hydrogens is 324 g/mol. The SMILES string of the molecule is CNS(=O)(=O)c1cccc(C(=O)OCC(=O)NCCCOC)c1. The Hall–Kier alpha value is -1.97. The van der Waals surface area contributed by atoms with E-state index in [-0.39, 0.29) is 10.5 Å². The largest absolute Gasteiger partial charge is 0.452 e. The fourth-order valence-electron chi connectivity index (χ4n) is 1.62. The van der Waals surface area contributed by atoms with Crippen molar-refractivity contribution in [1.29, 1.82) is 0 Å². The summed E-state index contributed by atoms with van der Waals surface area (Å²) in [5, 5.41) is 2.57. The predicted octanol–water partition coefficient (Wildman–Crippen LogP) is -0.0958. The van der Waals surface area contributed by atoms with Crippen molar-refractivity contribution in [2.24, 2.45) is 0 Å². The third-order valence-corrected chi connectivity index (χ3v) is 4.24. The van der Waals surface area contributed by atoms with Gasteiger partial charge < -0.3 is 14.8 Å². The number of hydrogen-bond donors (Lipinski definition) is 2. The van der Waals surface area contributed by atoms with Crippen LogP contribution in [0.2, 0.25) is 0 Å². The molecule has 1 rings (SSSR count). The Morgan fingerprint density at radius 2 is 2.00 bits per heavy atom. The Morgan fingerprint density at radius 3 is 2.65 bits per heavy atom. The van der Waals surface area contributed by atoms with E-state index in [1.54, 1.807) is 7.11 Å². The number of ether oxygens (including phenoxy) is 2. The summed E-state index contributed by atoms with van der Waals surface area (Å²) in [6, 6.07) is 5.37. The molecule has 8 nitrogen and oxygen atoms in total. The minimum absolute atomic E-state index is 0.0495. The standard InChI is InChI=1S/C14H20N2O6S/c1-15-23(19,20)12-6-3-5-11(9-12)14(18)22-10-13(17)16-7-4-8-21-2/h3,5-6,9,15H,4,7-8,10H2,1-2H3,(H,16,17). The molecule has 2 N–H and O–H groups in total. The first kappa shape index (κ1) is 19.1. The summed E-state index contributed by atoms with van der Waals surface area (Å²) in [5.74, 6) is -1.21. The fourth-order valence-corrected chi connectivity index (χ4v) is 2.39. The molecule has 23 heavy (non-hydrogen) atoms. The Morgan fingerprint density at radius 1 is 1.26 bits per heavy atom. The van der Waals surface area contributed by atoms with Crippen LogP contribution in [0.25, 0.3) is 0 Å². The van der Waals surface area contributed by atoms with Gasteiger partial charge in [-0.05, 0) is 31.7 Å². The highest BCUT2D eigenvalue weighted by Gasteiger charge is 2.15. The van der Waals surface area contributed by atoms with Crippen LogP contribution in [0.15, 0.2) is 29.2 Å². The lowest BCUT2D eigenvalue weighted by Gasteiger charge is -2.07. The van der Waals surface area contributed by atoms with E-state index in [1.165, 1.54) is 31.3 Å². The number of hydrogen-bond acceptors (Lipinski definition) is 6. The maximum atomic E-state index is 11.9. The molecule has 128 valence electrons. The number of methoxy groups -OCH3 is 1. The molecule has 0 aliphatic rings. The topological polar surface area (TPSA) is 111 Å². The lowest BCUT2D eigenvalue weighted by atomic mass is 10.2. The van der Waals surface area contributed by atoms with Crippen molar-refractivity contribution in [3.8, 4) is 0 Å². The molecule has 1 aromatic carbocycles. The van der Waals surface area contributed by atoms with Crippen LogP contribution in [-0.4, -0.2) is 54.2 Å². The molecule has 0 bridgehead atoms. The first-order valence-electron chi connectivity index (χ1n) is 6.87. The van der Waals surface area contributed by atoms with Gasteiger partial charge in [-0.3, -0.25) is 4.79 Å². The van der Waals surface area contributed by atoms with E-state index < -0.39 is 28.5 Å². The lowest BCUT2D eigenvalue weighted by molar-refractivity contribution is -0.124. The van der Waals surface area contributed by atoms with Crippen LogP contribution in [0.1, 0.15) is 16.8 Å². The summed E-state index contributed by atoms with van der Waals surface area (Å²) < 4.78 is 35.2. The summed E-state index contributed by atoms with van der Waals surface area (Å²) >= 11 is 0. The summed E-state index contributed by atoms with van der Waals surface area (Å²) in [7, 11) is -0.818. The first-order valence-corrected chi connectivity index (χ1v) is 8.35. The molecule has 0 aliphatic heterocycles. The molecule has 0 unspecified atom stereocenters. The van der Waals surface area contributed by atoms with Gasteiger partial charge in [0, 0.05) is 20.3 Å². The van der Waals surface area contributed by atoms with Crippen LogP contribution < -0.4 is 10.0 Å². The van der Waals surface area contributed by atoms with Crippen molar-refractivity contribution in [1.82, 2.24) is 10.0 Å². The zero-order chi connectivity index (χ0) is 17.3. The maximum Gasteiger partial charge on any atom is 0.338 e. The third-order valence-electron chi connectivity index (χ3n) is 2.83. The zero-order valence-corrected chi connectivity index (χ0v) is 13.8. The normalized spacial score (nSPS) is 11.0. The predicted molar refractivity (Wildman–Crippen MR) is 82.5 cm³/mol. The Bertz CT molecular complexity index is 644. The molecule has 0 aliphatic carbocycles. The highest BCUT2D eigenvalue weighted by molar-refractivity contribution is 7.89. The third kappa shape index (κ3) is 6.35. The number of nitrogens with one attached hydrogen (secondary N) is 2. The van der Waals surface area contributed by atoms with Crippen LogP contribution in [0.5, 0.6) is 0 Å². The van der Waals surface area contributed by atoms with Crippen LogP contribution in [0.3, 0.4) is 0 Å². The van der Waals surface area contributed by atoms with Crippen molar-refractivity contribution in [2.75, 3.05) is 33.9 Å². The average Bonchev–Trinajstić information content (AvgIpc) is 2.56. The lowest BCUT2D eigenvalue weighted by Crippen LogP contribution is -2.30. The van der Waals surface area contributed by atoms with E-state index >= 15 is 0 Å². The van der Waals surface area contributed by atoms with Crippen molar-refractivity contribution >= 4 is 21.9 Å². The summed E-state index contributed by atoms with van der Waals surface area (Å²) in [4.78, 5) is 23.3. The molecule has 0 aromatic heterocycles. The molecule has 0 spiro atoms. The second kappa shape index (κ2) is 9.23. The van der Waals surface area contributed by atoms with Crippen LogP contribution in [0, 0.1) is 0 Å². The first-order chi connectivity index (χ1) is 10.9. The quantitative estimate of drug-likeness (QED) is 0.478. The van der Waals surface area contributed by atoms with Gasteiger partial charge in [0.2, 0.25) is 10.0 Å². The van der Waals surface area contributed by atoms with Crippen LogP contribution in [-0.2, 0) is 24.3 Å². The van der Waals surface area contributed by atoms with E-state index in [2.05, 4.69) is 10.0 Å². The van der Waals surface area contributed by atoms with Crippen molar-refractivity contribution in [3.05, 3.63) is 29.8 Å². The number of carbonyl (C=O) groups is 2. The van der Waals surface area contributed by atoms with Crippen molar-refractivity contribution in [2.45, 2.75) is 11.3 Å². The molecule has 0 saturated heterocycles. The molecule has 1 amide bonds. The fraction of sp³-hybridized carbons (Fsp3) is 0.429. The highest BCUT2D eigenvalue weighted by Crippen LogP contribution is 2.12. The molecule has 0 fully saturated rings. The summed E-state index contributed by atoms with van der Waals surface area (Å²) in [6.07, 6.45) is 0.653. The highest BCUT2D eigenvalue weighted by atomic mass is 32.2. The van der Waals surface area contributed by atoms with Gasteiger partial charge in [0.25, 0.3) is 5.91 Å². The van der Waals surface area contributed by atoms with E-state index in [4.69, 9.17) is 9.47 Å². The summed E-state index contributed by atoms with van der Waals surface area (Å²) in [6.45, 7) is 0.502. The number of carbonyl (C=O) groups excluding carboxylic acids is 2. The van der Waals surface area contributed by atoms with Gasteiger partial charge in [0.15, 0.2) is 6.61 Å². The zero-order valence-electron chi connectivity index (χ0n) is 13.0. The van der Waals surface area contributed by atoms with Crippen molar-refractivity contribution < 1.29 is 27.5 Å². The van der Waals surface area contributed by atoms with Gasteiger partial charge >= 0.3 is 5.97 Å². The minimum atomic E-state index is -3.65. The second-order valence-electron chi connectivity index (χ2n) is 4.51. The van der Waals surface area contributed by atoms with Gasteiger partial charge in [-0.2, -0.15) is 0 Å². The van der Waals surface area contributed by atoms with Gasteiger partial charge in [0.1, 0.15) is 0 Å². The number of esters is 1. The molecule has 9 heteroatoms. The summed E-state index contributed by atoms with van der Waals surface area (Å²) in [5.41, 5.74) is 0.0495.